The highest BCUT2D eigenvalue weighted by Crippen LogP contribution is 2.32. The van der Waals surface area contributed by atoms with Crippen LogP contribution in [0.25, 0.3) is 22.4 Å². The Morgan fingerprint density at radius 1 is 1.04 bits per heavy atom. The molecule has 1 aliphatic rings. The zero-order valence-corrected chi connectivity index (χ0v) is 15.3. The minimum absolute atomic E-state index is 0.353. The van der Waals surface area contributed by atoms with Gasteiger partial charge in [0.15, 0.2) is 5.65 Å². The van der Waals surface area contributed by atoms with Gasteiger partial charge in [-0.3, -0.25) is 0 Å². The smallest absolute Gasteiger partial charge is 0.181 e. The van der Waals surface area contributed by atoms with Crippen LogP contribution >= 0.6 is 11.6 Å². The quantitative estimate of drug-likeness (QED) is 0.682. The molecule has 4 rings (SSSR count). The van der Waals surface area contributed by atoms with E-state index in [2.05, 4.69) is 14.9 Å². The summed E-state index contributed by atoms with van der Waals surface area (Å²) in [4.78, 5) is 16.1. The monoisotopic (exact) mass is 372 g/mol. The molecule has 134 valence electrons. The largest absolute Gasteiger partial charge is 0.378 e. The van der Waals surface area contributed by atoms with Crippen LogP contribution in [-0.2, 0) is 4.74 Å². The van der Waals surface area contributed by atoms with Crippen molar-refractivity contribution in [2.75, 3.05) is 31.2 Å². The third-order valence-electron chi connectivity index (χ3n) is 4.59. The molecule has 0 spiro atoms. The number of benzene rings is 1. The summed E-state index contributed by atoms with van der Waals surface area (Å²) in [7, 11) is 0. The normalized spacial score (nSPS) is 14.8. The summed E-state index contributed by atoms with van der Waals surface area (Å²) in [5.74, 6) is -0.408. The van der Waals surface area contributed by atoms with E-state index in [9.17, 15) is 4.39 Å². The van der Waals surface area contributed by atoms with Crippen LogP contribution in [0.4, 0.5) is 10.1 Å². The first-order valence-electron chi connectivity index (χ1n) is 8.47. The maximum Gasteiger partial charge on any atom is 0.181 e. The van der Waals surface area contributed by atoms with E-state index in [1.807, 2.05) is 19.9 Å². The van der Waals surface area contributed by atoms with Gasteiger partial charge in [0.2, 0.25) is 0 Å². The first kappa shape index (κ1) is 17.1. The van der Waals surface area contributed by atoms with Crippen LogP contribution in [-0.4, -0.2) is 41.3 Å². The predicted octanol–water partition coefficient (Wildman–Crippen LogP) is 3.94. The Bertz CT molecular complexity index is 989. The van der Waals surface area contributed by atoms with Crippen molar-refractivity contribution in [3.63, 3.8) is 0 Å². The summed E-state index contributed by atoms with van der Waals surface area (Å²) in [5.41, 5.74) is 4.73. The van der Waals surface area contributed by atoms with E-state index in [1.54, 1.807) is 12.1 Å². The fraction of sp³-hybridized carbons (Fsp3) is 0.316. The van der Waals surface area contributed by atoms with Crippen LogP contribution in [0.5, 0.6) is 0 Å². The number of nitrogens with zero attached hydrogens (tertiary/aromatic N) is 4. The molecule has 2 aromatic heterocycles. The number of hydrogen-bond acceptors (Lipinski definition) is 5. The van der Waals surface area contributed by atoms with Gasteiger partial charge in [-0.15, -0.1) is 0 Å². The third kappa shape index (κ3) is 3.10. The molecule has 1 aliphatic heterocycles. The van der Waals surface area contributed by atoms with E-state index in [1.165, 1.54) is 6.07 Å². The first-order chi connectivity index (χ1) is 12.5. The maximum atomic E-state index is 14.5. The molecule has 0 radical (unpaired) electrons. The van der Waals surface area contributed by atoms with Crippen LogP contribution in [0.1, 0.15) is 11.4 Å². The van der Waals surface area contributed by atoms with Gasteiger partial charge in [0.1, 0.15) is 11.3 Å². The van der Waals surface area contributed by atoms with Crippen LogP contribution in [0.2, 0.25) is 5.02 Å². The van der Waals surface area contributed by atoms with E-state index in [4.69, 9.17) is 21.3 Å². The van der Waals surface area contributed by atoms with E-state index >= 15 is 0 Å². The number of aromatic nitrogens is 3. The first-order valence-corrected chi connectivity index (χ1v) is 8.85. The Labute approximate surface area is 155 Å². The van der Waals surface area contributed by atoms with Crippen LogP contribution in [0, 0.1) is 19.7 Å². The van der Waals surface area contributed by atoms with E-state index in [0.717, 1.165) is 35.7 Å². The summed E-state index contributed by atoms with van der Waals surface area (Å²) in [6.45, 7) is 6.61. The van der Waals surface area contributed by atoms with Crippen molar-refractivity contribution >= 4 is 28.5 Å². The van der Waals surface area contributed by atoms with Crippen LogP contribution in [0.15, 0.2) is 24.3 Å². The zero-order valence-electron chi connectivity index (χ0n) is 14.6. The average molecular weight is 373 g/mol. The predicted molar refractivity (Wildman–Crippen MR) is 100 cm³/mol. The summed E-state index contributed by atoms with van der Waals surface area (Å²) in [5, 5.41) is 0.353. The molecule has 0 unspecified atom stereocenters. The lowest BCUT2D eigenvalue weighted by Crippen LogP contribution is -2.36. The Kier molecular flexibility index (Phi) is 4.46. The SMILES string of the molecule is Cc1nc2nc(-c3ccc(Cl)cc3F)cc(N3CCOCC3)c2nc1C. The van der Waals surface area contributed by atoms with E-state index in [0.29, 0.717) is 35.1 Å². The van der Waals surface area contributed by atoms with Gasteiger partial charge in [0.05, 0.1) is 36.0 Å². The van der Waals surface area contributed by atoms with Gasteiger partial charge in [0.25, 0.3) is 0 Å². The Morgan fingerprint density at radius 3 is 2.50 bits per heavy atom. The number of halogens is 2. The molecule has 0 saturated carbocycles. The molecule has 1 aromatic carbocycles. The molecular weight excluding hydrogens is 355 g/mol. The number of aryl methyl sites for hydroxylation is 2. The number of hydrogen-bond donors (Lipinski definition) is 0. The highest BCUT2D eigenvalue weighted by atomic mass is 35.5. The van der Waals surface area contributed by atoms with Gasteiger partial charge < -0.3 is 9.64 Å². The number of pyridine rings is 1. The van der Waals surface area contributed by atoms with E-state index in [-0.39, 0.29) is 0 Å². The summed E-state index contributed by atoms with van der Waals surface area (Å²) < 4.78 is 19.9. The van der Waals surface area contributed by atoms with Gasteiger partial charge >= 0.3 is 0 Å². The van der Waals surface area contributed by atoms with Gasteiger partial charge in [-0.1, -0.05) is 11.6 Å². The minimum Gasteiger partial charge on any atom is -0.378 e. The Morgan fingerprint density at radius 2 is 1.77 bits per heavy atom. The maximum absolute atomic E-state index is 14.5. The number of morpholine rings is 1. The zero-order chi connectivity index (χ0) is 18.3. The lowest BCUT2D eigenvalue weighted by atomic mass is 10.1. The molecule has 0 atom stereocenters. The number of anilines is 1. The van der Waals surface area contributed by atoms with Crippen molar-refractivity contribution in [2.24, 2.45) is 0 Å². The highest BCUT2D eigenvalue weighted by molar-refractivity contribution is 6.30. The van der Waals surface area contributed by atoms with Gasteiger partial charge in [-0.05, 0) is 38.1 Å². The highest BCUT2D eigenvalue weighted by Gasteiger charge is 2.20. The molecule has 0 N–H and O–H groups in total. The van der Waals surface area contributed by atoms with Crippen molar-refractivity contribution in [2.45, 2.75) is 13.8 Å². The standard InChI is InChI=1S/C19H18ClFN4O/c1-11-12(2)23-19-18(22-11)17(25-5-7-26-8-6-25)10-16(24-19)14-4-3-13(20)9-15(14)21/h3-4,9-10H,5-8H2,1-2H3. The molecule has 0 amide bonds. The Balaban J connectivity index is 1.95. The van der Waals surface area contributed by atoms with Crippen LogP contribution in [0.3, 0.4) is 0 Å². The fourth-order valence-corrected chi connectivity index (χ4v) is 3.22. The minimum atomic E-state index is -0.408. The van der Waals surface area contributed by atoms with Crippen LogP contribution < -0.4 is 4.90 Å². The average Bonchev–Trinajstić information content (AvgIpc) is 2.63. The van der Waals surface area contributed by atoms with Gasteiger partial charge in [0, 0.05) is 23.7 Å². The summed E-state index contributed by atoms with van der Waals surface area (Å²) in [6, 6.07) is 6.47. The molecule has 26 heavy (non-hydrogen) atoms. The lowest BCUT2D eigenvalue weighted by Gasteiger charge is -2.29. The molecule has 5 nitrogen and oxygen atoms in total. The van der Waals surface area contributed by atoms with Crippen molar-refractivity contribution in [3.8, 4) is 11.3 Å². The molecule has 0 bridgehead atoms. The summed E-state index contributed by atoms with van der Waals surface area (Å²) >= 11 is 5.89. The molecule has 1 saturated heterocycles. The number of ether oxygens (including phenoxy) is 1. The number of rotatable bonds is 2. The number of fused-ring (bicyclic) bond motifs is 1. The topological polar surface area (TPSA) is 51.1 Å². The second-order valence-electron chi connectivity index (χ2n) is 6.32. The second kappa shape index (κ2) is 6.78. The third-order valence-corrected chi connectivity index (χ3v) is 4.82. The second-order valence-corrected chi connectivity index (χ2v) is 6.75. The Hall–Kier alpha value is -2.31. The molecule has 1 fully saturated rings. The van der Waals surface area contributed by atoms with Crippen molar-refractivity contribution < 1.29 is 9.13 Å². The fourth-order valence-electron chi connectivity index (χ4n) is 3.07. The molecule has 3 aromatic rings. The van der Waals surface area contributed by atoms with Crippen molar-refractivity contribution in [1.82, 2.24) is 15.0 Å². The summed E-state index contributed by atoms with van der Waals surface area (Å²) in [6.07, 6.45) is 0. The van der Waals surface area contributed by atoms with Crippen molar-refractivity contribution in [1.29, 1.82) is 0 Å². The van der Waals surface area contributed by atoms with E-state index < -0.39 is 5.82 Å². The molecular formula is C19H18ClFN4O. The van der Waals surface area contributed by atoms with Crippen molar-refractivity contribution in [3.05, 3.63) is 46.5 Å². The van der Waals surface area contributed by atoms with Gasteiger partial charge in [-0.25, -0.2) is 19.3 Å². The molecule has 0 aliphatic carbocycles. The lowest BCUT2D eigenvalue weighted by molar-refractivity contribution is 0.123. The molecule has 7 heteroatoms. The van der Waals surface area contributed by atoms with Gasteiger partial charge in [-0.2, -0.15) is 0 Å². The molecule has 3 heterocycles.